The molecule has 0 bridgehead atoms. The van der Waals surface area contributed by atoms with Crippen LogP contribution in [0.1, 0.15) is 18.9 Å². The number of carbonyl (C=O) groups is 2. The summed E-state index contributed by atoms with van der Waals surface area (Å²) in [6.45, 7) is 6.12. The Kier molecular flexibility index (Phi) is 6.71. The molecule has 5 heteroatoms. The number of amides is 2. The molecule has 4 nitrogen and oxygen atoms in total. The molecule has 0 fully saturated rings. The number of hydrogen-bond acceptors (Lipinski definition) is 3. The average molecular weight is 393 g/mol. The Morgan fingerprint density at radius 2 is 1.89 bits per heavy atom. The van der Waals surface area contributed by atoms with Crippen LogP contribution < -0.4 is 10.2 Å². The first kappa shape index (κ1) is 20.0. The van der Waals surface area contributed by atoms with Crippen molar-refractivity contribution in [2.45, 2.75) is 30.7 Å². The maximum absolute atomic E-state index is 12.8. The van der Waals surface area contributed by atoms with E-state index in [-0.39, 0.29) is 17.9 Å². The molecule has 0 radical (unpaired) electrons. The smallest absolute Gasteiger partial charge is 0.265 e. The molecule has 3 rings (SSSR count). The molecule has 0 aromatic heterocycles. The van der Waals surface area contributed by atoms with Crippen LogP contribution >= 0.6 is 11.8 Å². The first-order valence-corrected chi connectivity index (χ1v) is 10.2. The predicted octanol–water partition coefficient (Wildman–Crippen LogP) is 4.33. The standard InChI is InChI=1S/C23H24N2O2S/c1-3-15-25-19-11-7-8-12-20(19)28-21(23(25)27)16-22(26)24-17(2)13-14-18-9-5-4-6-10-18/h3-12,16-17H,1,13-15H2,2H3,(H,24,26)/b21-16+. The van der Waals surface area contributed by atoms with E-state index in [2.05, 4.69) is 24.0 Å². The van der Waals surface area contributed by atoms with Gasteiger partial charge >= 0.3 is 0 Å². The van der Waals surface area contributed by atoms with Gasteiger partial charge in [-0.1, -0.05) is 60.3 Å². The van der Waals surface area contributed by atoms with Gasteiger partial charge in [-0.05, 0) is 37.5 Å². The van der Waals surface area contributed by atoms with E-state index in [0.29, 0.717) is 11.4 Å². The topological polar surface area (TPSA) is 49.4 Å². The molecule has 1 heterocycles. The molecule has 0 saturated heterocycles. The van der Waals surface area contributed by atoms with Crippen LogP contribution in [0, 0.1) is 0 Å². The van der Waals surface area contributed by atoms with Crippen LogP contribution in [-0.2, 0) is 16.0 Å². The quantitative estimate of drug-likeness (QED) is 0.563. The molecule has 1 atom stereocenters. The van der Waals surface area contributed by atoms with Crippen molar-refractivity contribution in [1.82, 2.24) is 5.32 Å². The summed E-state index contributed by atoms with van der Waals surface area (Å²) in [5.41, 5.74) is 2.10. The number of carbonyl (C=O) groups excluding carboxylic acids is 2. The van der Waals surface area contributed by atoms with E-state index >= 15 is 0 Å². The van der Waals surface area contributed by atoms with Gasteiger partial charge in [0.1, 0.15) is 0 Å². The maximum Gasteiger partial charge on any atom is 0.265 e. The fourth-order valence-electron chi connectivity index (χ4n) is 3.08. The third-order valence-electron chi connectivity index (χ3n) is 4.50. The van der Waals surface area contributed by atoms with Crippen LogP contribution in [0.3, 0.4) is 0 Å². The lowest BCUT2D eigenvalue weighted by Gasteiger charge is -2.29. The number of hydrogen-bond donors (Lipinski definition) is 1. The Balaban J connectivity index is 1.65. The highest BCUT2D eigenvalue weighted by Crippen LogP contribution is 2.41. The highest BCUT2D eigenvalue weighted by Gasteiger charge is 2.28. The van der Waals surface area contributed by atoms with Crippen molar-refractivity contribution in [2.75, 3.05) is 11.4 Å². The van der Waals surface area contributed by atoms with Gasteiger partial charge < -0.3 is 10.2 Å². The van der Waals surface area contributed by atoms with Crippen LogP contribution in [0.4, 0.5) is 5.69 Å². The summed E-state index contributed by atoms with van der Waals surface area (Å²) in [6.07, 6.45) is 4.84. The van der Waals surface area contributed by atoms with Crippen LogP contribution in [0.5, 0.6) is 0 Å². The second-order valence-corrected chi connectivity index (χ2v) is 7.80. The number of para-hydroxylation sites is 1. The molecule has 1 unspecified atom stereocenters. The Labute approximate surface area is 170 Å². The van der Waals surface area contributed by atoms with Crippen molar-refractivity contribution < 1.29 is 9.59 Å². The molecule has 1 aliphatic heterocycles. The Hall–Kier alpha value is -2.79. The molecule has 28 heavy (non-hydrogen) atoms. The monoisotopic (exact) mass is 392 g/mol. The highest BCUT2D eigenvalue weighted by molar-refractivity contribution is 8.04. The van der Waals surface area contributed by atoms with E-state index in [1.165, 1.54) is 23.4 Å². The lowest BCUT2D eigenvalue weighted by atomic mass is 10.1. The van der Waals surface area contributed by atoms with Gasteiger partial charge in [0.15, 0.2) is 0 Å². The number of benzene rings is 2. The van der Waals surface area contributed by atoms with E-state index in [0.717, 1.165) is 23.4 Å². The molecular weight excluding hydrogens is 368 g/mol. The number of thioether (sulfide) groups is 1. The van der Waals surface area contributed by atoms with E-state index < -0.39 is 0 Å². The molecule has 0 saturated carbocycles. The van der Waals surface area contributed by atoms with Gasteiger partial charge in [0, 0.05) is 23.6 Å². The largest absolute Gasteiger partial charge is 0.350 e. The summed E-state index contributed by atoms with van der Waals surface area (Å²) in [4.78, 5) is 28.3. The number of fused-ring (bicyclic) bond motifs is 1. The van der Waals surface area contributed by atoms with Gasteiger partial charge in [-0.15, -0.1) is 6.58 Å². The zero-order valence-corrected chi connectivity index (χ0v) is 16.7. The van der Waals surface area contributed by atoms with E-state index in [1.54, 1.807) is 11.0 Å². The minimum absolute atomic E-state index is 0.0183. The number of nitrogens with one attached hydrogen (secondary N) is 1. The van der Waals surface area contributed by atoms with Gasteiger partial charge in [-0.2, -0.15) is 0 Å². The Morgan fingerprint density at radius 1 is 1.18 bits per heavy atom. The van der Waals surface area contributed by atoms with E-state index in [1.807, 2.05) is 49.4 Å². The molecule has 0 aliphatic carbocycles. The first-order chi connectivity index (χ1) is 13.6. The number of aryl methyl sites for hydroxylation is 1. The maximum atomic E-state index is 12.8. The van der Waals surface area contributed by atoms with Crippen molar-refractivity contribution in [3.05, 3.63) is 83.8 Å². The molecule has 144 valence electrons. The summed E-state index contributed by atoms with van der Waals surface area (Å²) < 4.78 is 0. The minimum atomic E-state index is -0.241. The first-order valence-electron chi connectivity index (χ1n) is 9.34. The van der Waals surface area contributed by atoms with Crippen LogP contribution in [0.25, 0.3) is 0 Å². The minimum Gasteiger partial charge on any atom is -0.350 e. The van der Waals surface area contributed by atoms with Crippen molar-refractivity contribution >= 4 is 29.3 Å². The lowest BCUT2D eigenvalue weighted by molar-refractivity contribution is -0.118. The summed E-state index contributed by atoms with van der Waals surface area (Å²) >= 11 is 1.34. The summed E-state index contributed by atoms with van der Waals surface area (Å²) in [5.74, 6) is -0.412. The molecule has 2 aromatic rings. The summed E-state index contributed by atoms with van der Waals surface area (Å²) in [6, 6.07) is 17.9. The van der Waals surface area contributed by atoms with E-state index in [4.69, 9.17) is 0 Å². The third-order valence-corrected chi connectivity index (χ3v) is 5.58. The van der Waals surface area contributed by atoms with Gasteiger partial charge in [0.05, 0.1) is 10.6 Å². The van der Waals surface area contributed by atoms with Gasteiger partial charge in [-0.25, -0.2) is 0 Å². The normalized spacial score (nSPS) is 15.8. The zero-order chi connectivity index (χ0) is 19.9. The Bertz CT molecular complexity index is 892. The molecule has 2 aromatic carbocycles. The molecule has 2 amide bonds. The van der Waals surface area contributed by atoms with Crippen molar-refractivity contribution in [1.29, 1.82) is 0 Å². The summed E-state index contributed by atoms with van der Waals surface area (Å²) in [7, 11) is 0. The van der Waals surface area contributed by atoms with E-state index in [9.17, 15) is 9.59 Å². The number of nitrogens with zero attached hydrogens (tertiary/aromatic N) is 1. The summed E-state index contributed by atoms with van der Waals surface area (Å²) in [5, 5.41) is 2.97. The zero-order valence-electron chi connectivity index (χ0n) is 15.9. The fourth-order valence-corrected chi connectivity index (χ4v) is 4.11. The van der Waals surface area contributed by atoms with Gasteiger partial charge in [0.2, 0.25) is 5.91 Å². The van der Waals surface area contributed by atoms with Gasteiger partial charge in [0.25, 0.3) is 5.91 Å². The van der Waals surface area contributed by atoms with Crippen molar-refractivity contribution in [3.8, 4) is 0 Å². The van der Waals surface area contributed by atoms with Crippen LogP contribution in [0.15, 0.2) is 83.1 Å². The molecule has 1 aliphatic rings. The van der Waals surface area contributed by atoms with Crippen LogP contribution in [0.2, 0.25) is 0 Å². The van der Waals surface area contributed by atoms with Crippen molar-refractivity contribution in [3.63, 3.8) is 0 Å². The predicted molar refractivity (Wildman–Crippen MR) is 115 cm³/mol. The number of rotatable bonds is 7. The highest BCUT2D eigenvalue weighted by atomic mass is 32.2. The second kappa shape index (κ2) is 9.42. The fraction of sp³-hybridized carbons (Fsp3) is 0.217. The lowest BCUT2D eigenvalue weighted by Crippen LogP contribution is -2.36. The average Bonchev–Trinajstić information content (AvgIpc) is 2.70. The van der Waals surface area contributed by atoms with Gasteiger partial charge in [-0.3, -0.25) is 9.59 Å². The molecular formula is C23H24N2O2S. The van der Waals surface area contributed by atoms with Crippen LogP contribution in [-0.4, -0.2) is 24.4 Å². The Morgan fingerprint density at radius 3 is 2.64 bits per heavy atom. The molecule has 1 N–H and O–H groups in total. The SMILES string of the molecule is C=CCN1C(=O)/C(=C\C(=O)NC(C)CCc2ccccc2)Sc2ccccc21. The second-order valence-electron chi connectivity index (χ2n) is 6.72. The van der Waals surface area contributed by atoms with Crippen molar-refractivity contribution in [2.24, 2.45) is 0 Å². The number of anilines is 1. The third kappa shape index (κ3) is 4.93. The molecule has 0 spiro atoms.